The third-order valence-electron chi connectivity index (χ3n) is 2.66. The fraction of sp³-hybridized carbons (Fsp3) is 0.312. The Morgan fingerprint density at radius 3 is 2.55 bits per heavy atom. The van der Waals surface area contributed by atoms with Crippen molar-refractivity contribution in [1.29, 1.82) is 0 Å². The van der Waals surface area contributed by atoms with Crippen LogP contribution in [0, 0.1) is 6.92 Å². The predicted octanol–water partition coefficient (Wildman–Crippen LogP) is 4.01. The zero-order chi connectivity index (χ0) is 16.3. The molecule has 0 bridgehead atoms. The molecule has 1 aromatic heterocycles. The highest BCUT2D eigenvalue weighted by atomic mass is 79.9. The minimum atomic E-state index is -0.263. The van der Waals surface area contributed by atoms with Gasteiger partial charge in [-0.15, -0.1) is 0 Å². The average molecular weight is 363 g/mol. The summed E-state index contributed by atoms with van der Waals surface area (Å²) in [6.45, 7) is 7.87. The summed E-state index contributed by atoms with van der Waals surface area (Å²) in [5.74, 6) is 0.925. The standard InChI is InChI=1S/C16H19BrN4O/c1-10-18-13(9-14(19-10)21-16(2,3)4)15(22)20-12-7-5-6-11(17)8-12/h5-9H,1-4H3,(H,20,22)(H,18,19,21). The molecule has 1 amide bonds. The quantitative estimate of drug-likeness (QED) is 0.865. The lowest BCUT2D eigenvalue weighted by molar-refractivity contribution is 0.102. The van der Waals surface area contributed by atoms with Crippen LogP contribution in [0.2, 0.25) is 0 Å². The highest BCUT2D eigenvalue weighted by Gasteiger charge is 2.15. The molecule has 0 atom stereocenters. The smallest absolute Gasteiger partial charge is 0.274 e. The summed E-state index contributed by atoms with van der Waals surface area (Å²) in [5.41, 5.74) is 0.902. The van der Waals surface area contributed by atoms with Crippen LogP contribution < -0.4 is 10.6 Å². The topological polar surface area (TPSA) is 66.9 Å². The first kappa shape index (κ1) is 16.4. The maximum Gasteiger partial charge on any atom is 0.274 e. The third kappa shape index (κ3) is 4.80. The van der Waals surface area contributed by atoms with E-state index in [2.05, 4.69) is 36.5 Å². The maximum atomic E-state index is 12.4. The lowest BCUT2D eigenvalue weighted by Crippen LogP contribution is -2.27. The molecule has 0 saturated carbocycles. The number of hydrogen-bond donors (Lipinski definition) is 2. The van der Waals surface area contributed by atoms with Gasteiger partial charge in [-0.1, -0.05) is 22.0 Å². The highest BCUT2D eigenvalue weighted by molar-refractivity contribution is 9.10. The summed E-state index contributed by atoms with van der Waals surface area (Å²) >= 11 is 3.38. The summed E-state index contributed by atoms with van der Waals surface area (Å²) in [4.78, 5) is 20.9. The van der Waals surface area contributed by atoms with Gasteiger partial charge in [0, 0.05) is 21.8 Å². The van der Waals surface area contributed by atoms with Crippen LogP contribution in [0.25, 0.3) is 0 Å². The molecule has 0 radical (unpaired) electrons. The van der Waals surface area contributed by atoms with E-state index in [-0.39, 0.29) is 11.4 Å². The summed E-state index contributed by atoms with van der Waals surface area (Å²) in [7, 11) is 0. The molecule has 0 fully saturated rings. The fourth-order valence-corrected chi connectivity index (χ4v) is 2.29. The Bertz CT molecular complexity index is 695. The van der Waals surface area contributed by atoms with Crippen LogP contribution >= 0.6 is 15.9 Å². The SMILES string of the molecule is Cc1nc(NC(C)(C)C)cc(C(=O)Nc2cccc(Br)c2)n1. The second-order valence-electron chi connectivity index (χ2n) is 6.03. The van der Waals surface area contributed by atoms with Gasteiger partial charge in [0.1, 0.15) is 17.3 Å². The number of rotatable bonds is 3. The van der Waals surface area contributed by atoms with Crippen molar-refractivity contribution < 1.29 is 4.79 Å². The minimum Gasteiger partial charge on any atom is -0.365 e. The minimum absolute atomic E-state index is 0.140. The van der Waals surface area contributed by atoms with Crippen molar-refractivity contribution in [2.24, 2.45) is 0 Å². The molecule has 0 aliphatic heterocycles. The molecule has 1 heterocycles. The molecule has 6 heteroatoms. The molecule has 0 aliphatic carbocycles. The molecule has 22 heavy (non-hydrogen) atoms. The van der Waals surface area contributed by atoms with E-state index in [1.54, 1.807) is 13.0 Å². The van der Waals surface area contributed by atoms with Crippen LogP contribution in [0.1, 0.15) is 37.1 Å². The molecular weight excluding hydrogens is 344 g/mol. The number of aromatic nitrogens is 2. The van der Waals surface area contributed by atoms with Gasteiger partial charge in [-0.2, -0.15) is 0 Å². The van der Waals surface area contributed by atoms with Crippen molar-refractivity contribution in [3.63, 3.8) is 0 Å². The molecule has 0 aliphatic rings. The van der Waals surface area contributed by atoms with Crippen LogP contribution in [-0.2, 0) is 0 Å². The van der Waals surface area contributed by atoms with Crippen molar-refractivity contribution >= 4 is 33.3 Å². The molecule has 0 spiro atoms. The summed E-state index contributed by atoms with van der Waals surface area (Å²) < 4.78 is 0.902. The number of carbonyl (C=O) groups is 1. The summed E-state index contributed by atoms with van der Waals surface area (Å²) in [6.07, 6.45) is 0. The van der Waals surface area contributed by atoms with E-state index in [0.717, 1.165) is 4.47 Å². The zero-order valence-electron chi connectivity index (χ0n) is 13.1. The van der Waals surface area contributed by atoms with Gasteiger partial charge in [-0.3, -0.25) is 4.79 Å². The van der Waals surface area contributed by atoms with E-state index in [4.69, 9.17) is 0 Å². The molecule has 2 aromatic rings. The van der Waals surface area contributed by atoms with E-state index in [1.807, 2.05) is 45.0 Å². The number of aryl methyl sites for hydroxylation is 1. The van der Waals surface area contributed by atoms with Gasteiger partial charge in [0.05, 0.1) is 0 Å². The number of benzene rings is 1. The van der Waals surface area contributed by atoms with E-state index in [0.29, 0.717) is 23.0 Å². The first-order valence-electron chi connectivity index (χ1n) is 6.94. The Balaban J connectivity index is 2.22. The van der Waals surface area contributed by atoms with Gasteiger partial charge in [0.15, 0.2) is 0 Å². The Hall–Kier alpha value is -1.95. The number of carbonyl (C=O) groups excluding carboxylic acids is 1. The lowest BCUT2D eigenvalue weighted by atomic mass is 10.1. The number of amides is 1. The number of nitrogens with zero attached hydrogens (tertiary/aromatic N) is 2. The van der Waals surface area contributed by atoms with Crippen molar-refractivity contribution in [3.8, 4) is 0 Å². The van der Waals surface area contributed by atoms with E-state index >= 15 is 0 Å². The Kier molecular flexibility index (Phi) is 4.81. The number of halogens is 1. The van der Waals surface area contributed by atoms with Crippen LogP contribution in [0.5, 0.6) is 0 Å². The highest BCUT2D eigenvalue weighted by Crippen LogP contribution is 2.17. The molecule has 5 nitrogen and oxygen atoms in total. The Labute approximate surface area is 138 Å². The van der Waals surface area contributed by atoms with Gasteiger partial charge in [-0.25, -0.2) is 9.97 Å². The third-order valence-corrected chi connectivity index (χ3v) is 3.15. The number of anilines is 2. The Morgan fingerprint density at radius 1 is 1.18 bits per heavy atom. The van der Waals surface area contributed by atoms with Gasteiger partial charge in [0.25, 0.3) is 5.91 Å². The predicted molar refractivity (Wildman–Crippen MR) is 92.2 cm³/mol. The monoisotopic (exact) mass is 362 g/mol. The molecule has 2 rings (SSSR count). The molecule has 116 valence electrons. The lowest BCUT2D eigenvalue weighted by Gasteiger charge is -2.21. The van der Waals surface area contributed by atoms with Crippen LogP contribution in [0.4, 0.5) is 11.5 Å². The van der Waals surface area contributed by atoms with Crippen molar-refractivity contribution in [1.82, 2.24) is 9.97 Å². The van der Waals surface area contributed by atoms with Crippen molar-refractivity contribution in [3.05, 3.63) is 46.3 Å². The molecule has 2 N–H and O–H groups in total. The molecular formula is C16H19BrN4O. The van der Waals surface area contributed by atoms with Crippen molar-refractivity contribution in [2.45, 2.75) is 33.2 Å². The van der Waals surface area contributed by atoms with Crippen LogP contribution in [-0.4, -0.2) is 21.4 Å². The van der Waals surface area contributed by atoms with Gasteiger partial charge in [0.2, 0.25) is 0 Å². The maximum absolute atomic E-state index is 12.4. The summed E-state index contributed by atoms with van der Waals surface area (Å²) in [6, 6.07) is 9.07. The number of nitrogens with one attached hydrogen (secondary N) is 2. The first-order chi connectivity index (χ1) is 10.2. The second-order valence-corrected chi connectivity index (χ2v) is 6.94. The molecule has 0 unspecified atom stereocenters. The van der Waals surface area contributed by atoms with Crippen LogP contribution in [0.15, 0.2) is 34.8 Å². The molecule has 0 saturated heterocycles. The first-order valence-corrected chi connectivity index (χ1v) is 7.73. The van der Waals surface area contributed by atoms with E-state index < -0.39 is 0 Å². The van der Waals surface area contributed by atoms with E-state index in [1.165, 1.54) is 0 Å². The second kappa shape index (κ2) is 6.44. The fourth-order valence-electron chi connectivity index (χ4n) is 1.89. The van der Waals surface area contributed by atoms with Gasteiger partial charge >= 0.3 is 0 Å². The normalized spacial score (nSPS) is 11.1. The van der Waals surface area contributed by atoms with Crippen LogP contribution in [0.3, 0.4) is 0 Å². The summed E-state index contributed by atoms with van der Waals surface area (Å²) in [5, 5.41) is 6.08. The number of hydrogen-bond acceptors (Lipinski definition) is 4. The zero-order valence-corrected chi connectivity index (χ0v) is 14.7. The molecule has 1 aromatic carbocycles. The Morgan fingerprint density at radius 2 is 1.91 bits per heavy atom. The van der Waals surface area contributed by atoms with Gasteiger partial charge < -0.3 is 10.6 Å². The largest absolute Gasteiger partial charge is 0.365 e. The van der Waals surface area contributed by atoms with Gasteiger partial charge in [-0.05, 0) is 45.9 Å². The van der Waals surface area contributed by atoms with Crippen molar-refractivity contribution in [2.75, 3.05) is 10.6 Å². The van der Waals surface area contributed by atoms with E-state index in [9.17, 15) is 4.79 Å². The average Bonchev–Trinajstić information content (AvgIpc) is 2.35.